The highest BCUT2D eigenvalue weighted by Gasteiger charge is 2.29. The van der Waals surface area contributed by atoms with Gasteiger partial charge in [0.1, 0.15) is 42.6 Å². The van der Waals surface area contributed by atoms with Crippen molar-refractivity contribution in [2.24, 2.45) is 0 Å². The van der Waals surface area contributed by atoms with Gasteiger partial charge >= 0.3 is 5.97 Å². The molecular weight excluding hydrogens is 740 g/mol. The molecule has 2 atom stereocenters. The van der Waals surface area contributed by atoms with Crippen LogP contribution >= 0.6 is 11.6 Å². The number of ether oxygens (including phenoxy) is 3. The van der Waals surface area contributed by atoms with Crippen molar-refractivity contribution in [1.29, 1.82) is 5.26 Å². The Bertz CT molecular complexity index is 2180. The number of nitrogens with one attached hydrogen (secondary N) is 1. The average molecular weight is 789 g/mol. The molecule has 5 aromatic rings. The molecule has 11 heteroatoms. The number of pyridine rings is 1. The molecule has 296 valence electrons. The number of hydrogen-bond acceptors (Lipinski definition) is 9. The lowest BCUT2D eigenvalue weighted by atomic mass is 9.93. The van der Waals surface area contributed by atoms with Crippen LogP contribution in [0.3, 0.4) is 0 Å². The highest BCUT2D eigenvalue weighted by Crippen LogP contribution is 2.37. The van der Waals surface area contributed by atoms with E-state index in [2.05, 4.69) is 42.4 Å². The third kappa shape index (κ3) is 10.7. The molecule has 3 N–H and O–H groups in total. The third-order valence-electron chi connectivity index (χ3n) is 10.5. The number of aliphatic hydroxyl groups excluding tert-OH is 1. The Kier molecular flexibility index (Phi) is 14.5. The van der Waals surface area contributed by atoms with Crippen molar-refractivity contribution in [3.8, 4) is 34.4 Å². The zero-order chi connectivity index (χ0) is 40.1. The fourth-order valence-electron chi connectivity index (χ4n) is 7.27. The lowest BCUT2D eigenvalue weighted by molar-refractivity contribution is -0.144. The molecule has 1 aliphatic rings. The van der Waals surface area contributed by atoms with Crippen LogP contribution in [0.25, 0.3) is 11.1 Å². The normalized spacial score (nSPS) is 14.8. The molecule has 1 saturated heterocycles. The predicted molar refractivity (Wildman–Crippen MR) is 220 cm³/mol. The topological polar surface area (TPSA) is 137 Å². The summed E-state index contributed by atoms with van der Waals surface area (Å²) < 4.78 is 19.0. The molecule has 1 unspecified atom stereocenters. The number of aliphatic carboxylic acids is 1. The molecule has 0 aliphatic carbocycles. The quantitative estimate of drug-likeness (QED) is 0.0741. The van der Waals surface area contributed by atoms with Gasteiger partial charge < -0.3 is 29.7 Å². The van der Waals surface area contributed by atoms with Gasteiger partial charge in [0.2, 0.25) is 0 Å². The van der Waals surface area contributed by atoms with E-state index >= 15 is 0 Å². The van der Waals surface area contributed by atoms with E-state index in [9.17, 15) is 20.3 Å². The van der Waals surface area contributed by atoms with Crippen LogP contribution in [0, 0.1) is 25.2 Å². The van der Waals surface area contributed by atoms with Gasteiger partial charge in [-0.3, -0.25) is 14.7 Å². The number of likely N-dealkylation sites (tertiary alicyclic amines) is 1. The van der Waals surface area contributed by atoms with Crippen LogP contribution < -0.4 is 19.5 Å². The summed E-state index contributed by atoms with van der Waals surface area (Å²) >= 11 is 6.87. The largest absolute Gasteiger partial charge is 0.493 e. The van der Waals surface area contributed by atoms with E-state index in [1.54, 1.807) is 24.4 Å². The average Bonchev–Trinajstić information content (AvgIpc) is 3.23. The number of hydrogen-bond donors (Lipinski definition) is 3. The van der Waals surface area contributed by atoms with Crippen LogP contribution in [-0.2, 0) is 24.6 Å². The lowest BCUT2D eigenvalue weighted by Gasteiger charge is -2.33. The summed E-state index contributed by atoms with van der Waals surface area (Å²) in [5.74, 6) is 0.941. The van der Waals surface area contributed by atoms with Crippen molar-refractivity contribution in [3.63, 3.8) is 0 Å². The number of aromatic nitrogens is 1. The van der Waals surface area contributed by atoms with Gasteiger partial charge in [-0.05, 0) is 97.8 Å². The van der Waals surface area contributed by atoms with Crippen LogP contribution in [0.2, 0.25) is 5.02 Å². The molecule has 0 amide bonds. The van der Waals surface area contributed by atoms with Gasteiger partial charge in [-0.2, -0.15) is 5.26 Å². The summed E-state index contributed by atoms with van der Waals surface area (Å²) in [6, 6.07) is 28.9. The molecule has 1 fully saturated rings. The molecular formula is C46H49ClN4O6. The van der Waals surface area contributed by atoms with Gasteiger partial charge in [0.15, 0.2) is 0 Å². The molecule has 0 saturated carbocycles. The summed E-state index contributed by atoms with van der Waals surface area (Å²) in [6.07, 6.45) is 6.29. The number of carbonyl (C=O) groups is 1. The zero-order valence-corrected chi connectivity index (χ0v) is 33.2. The van der Waals surface area contributed by atoms with E-state index in [1.807, 2.05) is 59.5 Å². The maximum absolute atomic E-state index is 12.1. The van der Waals surface area contributed by atoms with E-state index < -0.39 is 12.0 Å². The van der Waals surface area contributed by atoms with Crippen LogP contribution in [-0.4, -0.2) is 58.4 Å². The minimum absolute atomic E-state index is 0.0259. The first-order valence-electron chi connectivity index (χ1n) is 19.3. The van der Waals surface area contributed by atoms with Crippen molar-refractivity contribution >= 4 is 17.6 Å². The monoisotopic (exact) mass is 788 g/mol. The van der Waals surface area contributed by atoms with Crippen LogP contribution in [0.15, 0.2) is 97.3 Å². The number of benzene rings is 4. The predicted octanol–water partition coefficient (Wildman–Crippen LogP) is 8.58. The van der Waals surface area contributed by atoms with Gasteiger partial charge in [-0.1, -0.05) is 78.7 Å². The fourth-order valence-corrected chi connectivity index (χ4v) is 7.51. The van der Waals surface area contributed by atoms with Gasteiger partial charge in [-0.25, -0.2) is 0 Å². The number of nitriles is 1. The molecule has 1 aromatic heterocycles. The summed E-state index contributed by atoms with van der Waals surface area (Å²) in [7, 11) is 0. The van der Waals surface area contributed by atoms with Crippen LogP contribution in [0.5, 0.6) is 17.2 Å². The second-order valence-corrected chi connectivity index (χ2v) is 14.7. The second-order valence-electron chi connectivity index (χ2n) is 14.3. The van der Waals surface area contributed by atoms with Gasteiger partial charge in [-0.15, -0.1) is 0 Å². The standard InChI is InChI=1S/C46H49ClN4O6/c1-31-36(13-8-14-38(31)39-15-9-17-43(32(39)2)55-20-10-18-50-41(28-52)35-11-4-3-5-12-35)30-57-45-23-44(56-29-34-21-33(24-48)25-49-26-34)37(22-40(45)47)27-51-19-7-6-16-42(51)46(53)54/h3-5,8-9,11-15,17,21-23,25-26,41-42,50,52H,6-7,10,16,18-20,27-30H2,1-2H3,(H,53,54)/t41?,42-/m0/s1. The van der Waals surface area contributed by atoms with E-state index in [4.69, 9.17) is 25.8 Å². The highest BCUT2D eigenvalue weighted by atomic mass is 35.5. The first-order valence-corrected chi connectivity index (χ1v) is 19.7. The van der Waals surface area contributed by atoms with Crippen molar-refractivity contribution in [1.82, 2.24) is 15.2 Å². The zero-order valence-electron chi connectivity index (χ0n) is 32.4. The Balaban J connectivity index is 1.15. The summed E-state index contributed by atoms with van der Waals surface area (Å²) in [5, 5.41) is 32.9. The van der Waals surface area contributed by atoms with E-state index in [1.165, 1.54) is 6.20 Å². The maximum atomic E-state index is 12.1. The summed E-state index contributed by atoms with van der Waals surface area (Å²) in [4.78, 5) is 18.2. The third-order valence-corrected chi connectivity index (χ3v) is 10.8. The summed E-state index contributed by atoms with van der Waals surface area (Å²) in [6.45, 7) is 6.82. The number of piperidine rings is 1. The minimum atomic E-state index is -0.838. The van der Waals surface area contributed by atoms with Crippen molar-refractivity contribution in [2.75, 3.05) is 26.3 Å². The molecule has 0 spiro atoms. The molecule has 0 bridgehead atoms. The molecule has 1 aliphatic heterocycles. The Hall–Kier alpha value is -5.44. The second kappa shape index (κ2) is 20.1. The molecule has 2 heterocycles. The van der Waals surface area contributed by atoms with E-state index in [0.29, 0.717) is 54.7 Å². The first-order chi connectivity index (χ1) is 27.7. The Morgan fingerprint density at radius 1 is 0.912 bits per heavy atom. The number of nitrogens with zero attached hydrogens (tertiary/aromatic N) is 3. The van der Waals surface area contributed by atoms with Crippen molar-refractivity contribution in [2.45, 2.75) is 71.4 Å². The highest BCUT2D eigenvalue weighted by molar-refractivity contribution is 6.32. The van der Waals surface area contributed by atoms with Crippen molar-refractivity contribution in [3.05, 3.63) is 141 Å². The number of carboxylic acid groups (broad SMARTS) is 1. The SMILES string of the molecule is Cc1c(COc2cc(OCc3cncc(C#N)c3)c(CN3CCCC[C@H]3C(=O)O)cc2Cl)cccc1-c1cccc(OCCCNC(CO)c2ccccc2)c1C. The van der Waals surface area contributed by atoms with Crippen LogP contribution in [0.4, 0.5) is 0 Å². The maximum Gasteiger partial charge on any atom is 0.320 e. The number of carboxylic acids is 1. The summed E-state index contributed by atoms with van der Waals surface area (Å²) in [5.41, 5.74) is 8.20. The van der Waals surface area contributed by atoms with Gasteiger partial charge in [0.25, 0.3) is 0 Å². The Morgan fingerprint density at radius 2 is 1.68 bits per heavy atom. The Labute approximate surface area is 339 Å². The first kappa shape index (κ1) is 41.2. The number of aliphatic hydroxyl groups is 1. The Morgan fingerprint density at radius 3 is 2.46 bits per heavy atom. The molecule has 57 heavy (non-hydrogen) atoms. The smallest absolute Gasteiger partial charge is 0.320 e. The molecule has 10 nitrogen and oxygen atoms in total. The van der Waals surface area contributed by atoms with E-state index in [-0.39, 0.29) is 25.9 Å². The fraction of sp³-hybridized carbons (Fsp3) is 0.326. The van der Waals surface area contributed by atoms with E-state index in [0.717, 1.165) is 69.5 Å². The van der Waals surface area contributed by atoms with Crippen molar-refractivity contribution < 1.29 is 29.2 Å². The lowest BCUT2D eigenvalue weighted by Crippen LogP contribution is -2.44. The van der Waals surface area contributed by atoms with Gasteiger partial charge in [0, 0.05) is 36.1 Å². The molecule has 6 rings (SSSR count). The number of rotatable bonds is 18. The molecule has 4 aromatic carbocycles. The minimum Gasteiger partial charge on any atom is -0.493 e. The number of halogens is 1. The van der Waals surface area contributed by atoms with Crippen LogP contribution in [0.1, 0.15) is 70.7 Å². The van der Waals surface area contributed by atoms with Gasteiger partial charge in [0.05, 0.1) is 29.8 Å². The molecule has 0 radical (unpaired) electrons.